The van der Waals surface area contributed by atoms with Crippen LogP contribution >= 0.6 is 35.0 Å². The minimum Gasteiger partial charge on any atom is -0.348 e. The number of halogens is 3. The van der Waals surface area contributed by atoms with E-state index in [1.807, 2.05) is 16.7 Å². The zero-order chi connectivity index (χ0) is 24.1. The number of rotatable bonds is 8. The van der Waals surface area contributed by atoms with E-state index in [9.17, 15) is 9.18 Å². The van der Waals surface area contributed by atoms with Gasteiger partial charge in [0.15, 0.2) is 11.0 Å². The van der Waals surface area contributed by atoms with Crippen LogP contribution in [0.3, 0.4) is 0 Å². The number of nitrogens with one attached hydrogen (secondary N) is 1. The highest BCUT2D eigenvalue weighted by molar-refractivity contribution is 7.98. The van der Waals surface area contributed by atoms with Gasteiger partial charge >= 0.3 is 0 Å². The lowest BCUT2D eigenvalue weighted by atomic mass is 10.1. The number of aromatic nitrogens is 3. The van der Waals surface area contributed by atoms with E-state index in [-0.39, 0.29) is 24.7 Å². The van der Waals surface area contributed by atoms with E-state index in [1.165, 1.54) is 35.0 Å². The molecule has 1 N–H and O–H groups in total. The van der Waals surface area contributed by atoms with Crippen LogP contribution in [0.1, 0.15) is 22.5 Å². The van der Waals surface area contributed by atoms with Gasteiger partial charge in [-0.1, -0.05) is 71.4 Å². The van der Waals surface area contributed by atoms with Gasteiger partial charge in [0.2, 0.25) is 5.91 Å². The van der Waals surface area contributed by atoms with E-state index in [4.69, 9.17) is 23.2 Å². The van der Waals surface area contributed by atoms with Gasteiger partial charge in [0.05, 0.1) is 23.7 Å². The number of thioether (sulfide) groups is 1. The van der Waals surface area contributed by atoms with Gasteiger partial charge in [0.1, 0.15) is 5.82 Å². The van der Waals surface area contributed by atoms with Crippen molar-refractivity contribution >= 4 is 40.9 Å². The van der Waals surface area contributed by atoms with Crippen molar-refractivity contribution in [1.82, 2.24) is 20.1 Å². The first-order valence-corrected chi connectivity index (χ1v) is 12.2. The molecule has 0 saturated carbocycles. The predicted molar refractivity (Wildman–Crippen MR) is 134 cm³/mol. The molecule has 5 nitrogen and oxygen atoms in total. The third kappa shape index (κ3) is 5.97. The molecule has 1 aromatic heterocycles. The molecule has 0 aliphatic rings. The minimum absolute atomic E-state index is 0.130. The van der Waals surface area contributed by atoms with Crippen molar-refractivity contribution in [3.8, 4) is 5.69 Å². The van der Waals surface area contributed by atoms with E-state index in [2.05, 4.69) is 34.6 Å². The van der Waals surface area contributed by atoms with Crippen molar-refractivity contribution in [3.63, 3.8) is 0 Å². The Bertz CT molecular complexity index is 1310. The first kappa shape index (κ1) is 24.3. The smallest absolute Gasteiger partial charge is 0.224 e. The standard InChI is InChI=1S/C25H21Cl2FN4OS/c1-16-4-2-3-5-18(16)15-34-25-31-30-23(32(25)22-11-8-19(26)13-21(22)27)14-29-24(33)12-17-6-9-20(28)10-7-17/h2-11,13H,12,14-15H2,1H3,(H,29,33). The number of aryl methyl sites for hydroxylation is 1. The molecule has 0 atom stereocenters. The minimum atomic E-state index is -0.340. The Kier molecular flexibility index (Phi) is 7.88. The molecule has 0 aliphatic heterocycles. The molecule has 0 saturated heterocycles. The van der Waals surface area contributed by atoms with Crippen molar-refractivity contribution in [3.05, 3.63) is 105 Å². The van der Waals surface area contributed by atoms with E-state index in [1.54, 1.807) is 30.3 Å². The Morgan fingerprint density at radius 3 is 2.56 bits per heavy atom. The van der Waals surface area contributed by atoms with Gasteiger partial charge in [-0.05, 0) is 53.9 Å². The predicted octanol–water partition coefficient (Wildman–Crippen LogP) is 6.17. The van der Waals surface area contributed by atoms with Crippen molar-refractivity contribution in [2.24, 2.45) is 0 Å². The molecule has 0 bridgehead atoms. The number of nitrogens with zero attached hydrogens (tertiary/aromatic N) is 3. The summed E-state index contributed by atoms with van der Waals surface area (Å²) in [4.78, 5) is 12.5. The fourth-order valence-corrected chi connectivity index (χ4v) is 4.89. The van der Waals surface area contributed by atoms with Gasteiger partial charge in [0, 0.05) is 10.8 Å². The molecule has 0 unspecified atom stereocenters. The molecule has 34 heavy (non-hydrogen) atoms. The van der Waals surface area contributed by atoms with Crippen LogP contribution in [0.2, 0.25) is 10.0 Å². The molecule has 1 amide bonds. The molecular formula is C25H21Cl2FN4OS. The fourth-order valence-electron chi connectivity index (χ4n) is 3.35. The average Bonchev–Trinajstić information content (AvgIpc) is 3.21. The first-order valence-electron chi connectivity index (χ1n) is 10.5. The third-order valence-corrected chi connectivity index (χ3v) is 6.71. The van der Waals surface area contributed by atoms with Gasteiger partial charge < -0.3 is 5.32 Å². The third-order valence-electron chi connectivity index (χ3n) is 5.19. The van der Waals surface area contributed by atoms with E-state index < -0.39 is 0 Å². The SMILES string of the molecule is Cc1ccccc1CSc1nnc(CNC(=O)Cc2ccc(F)cc2)n1-c1ccc(Cl)cc1Cl. The molecule has 0 fully saturated rings. The van der Waals surface area contributed by atoms with Crippen molar-refractivity contribution in [2.45, 2.75) is 30.8 Å². The summed E-state index contributed by atoms with van der Waals surface area (Å²) in [5, 5.41) is 13.2. The molecule has 0 spiro atoms. The maximum atomic E-state index is 13.1. The maximum absolute atomic E-state index is 13.1. The van der Waals surface area contributed by atoms with Gasteiger partial charge in [-0.3, -0.25) is 9.36 Å². The number of carbonyl (C=O) groups is 1. The van der Waals surface area contributed by atoms with Crippen molar-refractivity contribution in [1.29, 1.82) is 0 Å². The van der Waals surface area contributed by atoms with Crippen LogP contribution in [0.15, 0.2) is 71.9 Å². The van der Waals surface area contributed by atoms with Crippen LogP contribution in [-0.2, 0) is 23.5 Å². The lowest BCUT2D eigenvalue weighted by Gasteiger charge is -2.13. The molecule has 4 aromatic rings. The summed E-state index contributed by atoms with van der Waals surface area (Å²) in [6, 6.07) is 19.2. The Morgan fingerprint density at radius 1 is 1.06 bits per heavy atom. The van der Waals surface area contributed by atoms with E-state index in [0.717, 1.165) is 5.56 Å². The Hall–Kier alpha value is -2.87. The molecule has 3 aromatic carbocycles. The summed E-state index contributed by atoms with van der Waals surface area (Å²) in [7, 11) is 0. The number of hydrogen-bond donors (Lipinski definition) is 1. The van der Waals surface area contributed by atoms with Crippen LogP contribution in [-0.4, -0.2) is 20.7 Å². The summed E-state index contributed by atoms with van der Waals surface area (Å²) in [6.45, 7) is 2.22. The number of hydrogen-bond acceptors (Lipinski definition) is 4. The van der Waals surface area contributed by atoms with Gasteiger partial charge in [-0.15, -0.1) is 10.2 Å². The monoisotopic (exact) mass is 514 g/mol. The lowest BCUT2D eigenvalue weighted by Crippen LogP contribution is -2.26. The zero-order valence-corrected chi connectivity index (χ0v) is 20.6. The van der Waals surface area contributed by atoms with Crippen LogP contribution in [0.4, 0.5) is 4.39 Å². The van der Waals surface area contributed by atoms with E-state index >= 15 is 0 Å². The zero-order valence-electron chi connectivity index (χ0n) is 18.3. The van der Waals surface area contributed by atoms with Crippen molar-refractivity contribution in [2.75, 3.05) is 0 Å². The first-order chi connectivity index (χ1) is 16.4. The van der Waals surface area contributed by atoms with Gasteiger partial charge in [0.25, 0.3) is 0 Å². The van der Waals surface area contributed by atoms with Crippen molar-refractivity contribution < 1.29 is 9.18 Å². The summed E-state index contributed by atoms with van der Waals surface area (Å²) in [5.41, 5.74) is 3.78. The molecule has 9 heteroatoms. The molecule has 4 rings (SSSR count). The highest BCUT2D eigenvalue weighted by Gasteiger charge is 2.18. The number of carbonyl (C=O) groups excluding carboxylic acids is 1. The summed E-state index contributed by atoms with van der Waals surface area (Å²) >= 11 is 14.1. The highest BCUT2D eigenvalue weighted by Crippen LogP contribution is 2.31. The van der Waals surface area contributed by atoms with Crippen LogP contribution < -0.4 is 5.32 Å². The fraction of sp³-hybridized carbons (Fsp3) is 0.160. The highest BCUT2D eigenvalue weighted by atomic mass is 35.5. The van der Waals surface area contributed by atoms with Crippen LogP contribution in [0.5, 0.6) is 0 Å². The van der Waals surface area contributed by atoms with Crippen LogP contribution in [0.25, 0.3) is 5.69 Å². The molecule has 0 aliphatic carbocycles. The molecule has 174 valence electrons. The van der Waals surface area contributed by atoms with E-state index in [0.29, 0.717) is 32.5 Å². The topological polar surface area (TPSA) is 59.8 Å². The molecule has 1 heterocycles. The second-order valence-corrected chi connectivity index (χ2v) is 9.41. The second kappa shape index (κ2) is 11.0. The normalized spacial score (nSPS) is 10.9. The summed E-state index contributed by atoms with van der Waals surface area (Å²) in [5.74, 6) is 0.682. The lowest BCUT2D eigenvalue weighted by molar-refractivity contribution is -0.120. The Labute approximate surface area is 211 Å². The Morgan fingerprint density at radius 2 is 1.82 bits per heavy atom. The second-order valence-electron chi connectivity index (χ2n) is 7.63. The molecular weight excluding hydrogens is 494 g/mol. The quantitative estimate of drug-likeness (QED) is 0.285. The largest absolute Gasteiger partial charge is 0.348 e. The van der Waals surface area contributed by atoms with Gasteiger partial charge in [-0.25, -0.2) is 4.39 Å². The number of benzene rings is 3. The Balaban J connectivity index is 1.55. The maximum Gasteiger partial charge on any atom is 0.224 e. The average molecular weight is 515 g/mol. The summed E-state index contributed by atoms with van der Waals surface area (Å²) < 4.78 is 14.9. The van der Waals surface area contributed by atoms with Crippen LogP contribution in [0, 0.1) is 12.7 Å². The van der Waals surface area contributed by atoms with Gasteiger partial charge in [-0.2, -0.15) is 0 Å². The summed E-state index contributed by atoms with van der Waals surface area (Å²) in [6.07, 6.45) is 0.130. The number of amides is 1. The molecule has 0 radical (unpaired) electrons.